The number of piperidine rings is 1. The zero-order chi connectivity index (χ0) is 18.7. The van der Waals surface area contributed by atoms with Gasteiger partial charge in [-0.1, -0.05) is 55.5 Å². The number of aryl methyl sites for hydroxylation is 2. The lowest BCUT2D eigenvalue weighted by molar-refractivity contribution is 0.0880. The van der Waals surface area contributed by atoms with Crippen molar-refractivity contribution in [2.45, 2.75) is 52.1 Å². The number of carbonyl (C=O) groups is 1. The van der Waals surface area contributed by atoms with E-state index in [9.17, 15) is 4.79 Å². The van der Waals surface area contributed by atoms with Crippen LogP contribution in [0, 0.1) is 19.8 Å². The van der Waals surface area contributed by atoms with Gasteiger partial charge in [0.25, 0.3) is 5.91 Å². The predicted octanol–water partition coefficient (Wildman–Crippen LogP) is 4.55. The SMILES string of the molecule is Cc1cccc(C)c1C(=O)N[C@H](c1ccccc1)C1(C)CCC(C)CN1. The molecule has 0 bridgehead atoms. The highest BCUT2D eigenvalue weighted by atomic mass is 16.1. The maximum atomic E-state index is 13.2. The maximum absolute atomic E-state index is 13.2. The van der Waals surface area contributed by atoms with Crippen molar-refractivity contribution < 1.29 is 4.79 Å². The second kappa shape index (κ2) is 7.63. The van der Waals surface area contributed by atoms with Crippen LogP contribution >= 0.6 is 0 Å². The summed E-state index contributed by atoms with van der Waals surface area (Å²) < 4.78 is 0. The zero-order valence-corrected chi connectivity index (χ0v) is 16.3. The quantitative estimate of drug-likeness (QED) is 0.849. The monoisotopic (exact) mass is 350 g/mol. The molecule has 3 rings (SSSR count). The van der Waals surface area contributed by atoms with Crippen LogP contribution in [0.2, 0.25) is 0 Å². The Hall–Kier alpha value is -2.13. The Bertz CT molecular complexity index is 741. The lowest BCUT2D eigenvalue weighted by Crippen LogP contribution is -2.57. The van der Waals surface area contributed by atoms with Crippen LogP contribution in [0.5, 0.6) is 0 Å². The molecule has 2 unspecified atom stereocenters. The van der Waals surface area contributed by atoms with E-state index in [0.29, 0.717) is 5.92 Å². The fourth-order valence-electron chi connectivity index (χ4n) is 4.02. The van der Waals surface area contributed by atoms with Gasteiger partial charge in [0.05, 0.1) is 6.04 Å². The summed E-state index contributed by atoms with van der Waals surface area (Å²) in [6.07, 6.45) is 2.22. The van der Waals surface area contributed by atoms with Crippen LogP contribution in [0.3, 0.4) is 0 Å². The van der Waals surface area contributed by atoms with Crippen molar-refractivity contribution in [3.63, 3.8) is 0 Å². The average molecular weight is 351 g/mol. The van der Waals surface area contributed by atoms with Crippen LogP contribution in [0.15, 0.2) is 48.5 Å². The molecular weight excluding hydrogens is 320 g/mol. The van der Waals surface area contributed by atoms with E-state index in [1.165, 1.54) is 6.42 Å². The van der Waals surface area contributed by atoms with Crippen LogP contribution in [-0.4, -0.2) is 18.0 Å². The number of hydrogen-bond donors (Lipinski definition) is 2. The molecule has 3 heteroatoms. The molecule has 2 aromatic rings. The predicted molar refractivity (Wildman–Crippen MR) is 107 cm³/mol. The van der Waals surface area contributed by atoms with Crippen molar-refractivity contribution in [1.82, 2.24) is 10.6 Å². The minimum atomic E-state index is -0.153. The van der Waals surface area contributed by atoms with Gasteiger partial charge >= 0.3 is 0 Å². The summed E-state index contributed by atoms with van der Waals surface area (Å²) in [5, 5.41) is 7.07. The minimum Gasteiger partial charge on any atom is -0.343 e. The molecule has 3 atom stereocenters. The van der Waals surface area contributed by atoms with Crippen LogP contribution in [0.25, 0.3) is 0 Å². The molecule has 26 heavy (non-hydrogen) atoms. The molecule has 1 aliphatic heterocycles. The fraction of sp³-hybridized carbons (Fsp3) is 0.435. The van der Waals surface area contributed by atoms with Crippen molar-refractivity contribution >= 4 is 5.91 Å². The van der Waals surface area contributed by atoms with Gasteiger partial charge in [0, 0.05) is 11.1 Å². The second-order valence-electron chi connectivity index (χ2n) is 8.03. The summed E-state index contributed by atoms with van der Waals surface area (Å²) in [7, 11) is 0. The van der Waals surface area contributed by atoms with Crippen molar-refractivity contribution in [2.75, 3.05) is 6.54 Å². The van der Waals surface area contributed by atoms with Crippen molar-refractivity contribution in [2.24, 2.45) is 5.92 Å². The van der Waals surface area contributed by atoms with Gasteiger partial charge in [-0.3, -0.25) is 4.79 Å². The third kappa shape index (κ3) is 3.83. The molecule has 0 saturated carbocycles. The van der Waals surface area contributed by atoms with Gasteiger partial charge in [-0.15, -0.1) is 0 Å². The van der Waals surface area contributed by atoms with Crippen LogP contribution in [-0.2, 0) is 0 Å². The first-order chi connectivity index (χ1) is 12.4. The summed E-state index contributed by atoms with van der Waals surface area (Å²) in [6.45, 7) is 9.50. The van der Waals surface area contributed by atoms with E-state index in [1.54, 1.807) is 0 Å². The highest BCUT2D eigenvalue weighted by molar-refractivity contribution is 5.97. The number of benzene rings is 2. The van der Waals surface area contributed by atoms with E-state index >= 15 is 0 Å². The second-order valence-corrected chi connectivity index (χ2v) is 8.03. The van der Waals surface area contributed by atoms with Crippen molar-refractivity contribution in [3.05, 3.63) is 70.8 Å². The van der Waals surface area contributed by atoms with E-state index in [-0.39, 0.29) is 17.5 Å². The van der Waals surface area contributed by atoms with Crippen molar-refractivity contribution in [1.29, 1.82) is 0 Å². The average Bonchev–Trinajstić information content (AvgIpc) is 2.63. The summed E-state index contributed by atoms with van der Waals surface area (Å²) >= 11 is 0. The Morgan fingerprint density at radius 3 is 2.35 bits per heavy atom. The number of rotatable bonds is 4. The highest BCUT2D eigenvalue weighted by Gasteiger charge is 2.39. The van der Waals surface area contributed by atoms with Gasteiger partial charge in [0.15, 0.2) is 0 Å². The van der Waals surface area contributed by atoms with Crippen LogP contribution in [0.1, 0.15) is 59.8 Å². The molecule has 0 aromatic heterocycles. The Morgan fingerprint density at radius 1 is 1.12 bits per heavy atom. The summed E-state index contributed by atoms with van der Waals surface area (Å²) in [5.74, 6) is 0.685. The third-order valence-electron chi connectivity index (χ3n) is 5.76. The summed E-state index contributed by atoms with van der Waals surface area (Å²) in [6, 6.07) is 16.3. The Labute approximate surface area is 157 Å². The molecule has 2 N–H and O–H groups in total. The van der Waals surface area contributed by atoms with E-state index in [4.69, 9.17) is 0 Å². The first-order valence-corrected chi connectivity index (χ1v) is 9.58. The normalized spacial score (nSPS) is 24.1. The van der Waals surface area contributed by atoms with Gasteiger partial charge in [0.2, 0.25) is 0 Å². The van der Waals surface area contributed by atoms with Crippen molar-refractivity contribution in [3.8, 4) is 0 Å². The Kier molecular flexibility index (Phi) is 5.47. The largest absolute Gasteiger partial charge is 0.343 e. The molecule has 0 spiro atoms. The number of hydrogen-bond acceptors (Lipinski definition) is 2. The highest BCUT2D eigenvalue weighted by Crippen LogP contribution is 2.34. The molecule has 0 aliphatic carbocycles. The zero-order valence-electron chi connectivity index (χ0n) is 16.3. The topological polar surface area (TPSA) is 41.1 Å². The smallest absolute Gasteiger partial charge is 0.252 e. The van der Waals surface area contributed by atoms with Gasteiger partial charge < -0.3 is 10.6 Å². The third-order valence-corrected chi connectivity index (χ3v) is 5.76. The number of nitrogens with one attached hydrogen (secondary N) is 2. The molecule has 1 aliphatic rings. The number of amides is 1. The minimum absolute atomic E-state index is 0.0103. The molecule has 1 saturated heterocycles. The van der Waals surface area contributed by atoms with E-state index in [2.05, 4.69) is 36.6 Å². The van der Waals surface area contributed by atoms with Gasteiger partial charge in [-0.05, 0) is 62.8 Å². The number of carbonyl (C=O) groups excluding carboxylic acids is 1. The van der Waals surface area contributed by atoms with Gasteiger partial charge in [-0.2, -0.15) is 0 Å². The molecule has 1 heterocycles. The van der Waals surface area contributed by atoms with E-state index < -0.39 is 0 Å². The van der Waals surface area contributed by atoms with Crippen LogP contribution < -0.4 is 10.6 Å². The molecule has 138 valence electrons. The Morgan fingerprint density at radius 2 is 1.77 bits per heavy atom. The summed E-state index contributed by atoms with van der Waals surface area (Å²) in [4.78, 5) is 13.2. The van der Waals surface area contributed by atoms with E-state index in [1.807, 2.05) is 50.2 Å². The maximum Gasteiger partial charge on any atom is 0.252 e. The standard InChI is InChI=1S/C23H30N2O/c1-16-13-14-23(4,24-15-16)21(19-11-6-5-7-12-19)25-22(26)20-17(2)9-8-10-18(20)3/h5-12,16,21,24H,13-15H2,1-4H3,(H,25,26)/t16?,21-,23?/m1/s1. The summed E-state index contributed by atoms with van der Waals surface area (Å²) in [5.41, 5.74) is 3.83. The lowest BCUT2D eigenvalue weighted by Gasteiger charge is -2.44. The first kappa shape index (κ1) is 18.7. The molecule has 3 nitrogen and oxygen atoms in total. The molecule has 2 aromatic carbocycles. The lowest BCUT2D eigenvalue weighted by atomic mass is 9.78. The Balaban J connectivity index is 1.93. The van der Waals surface area contributed by atoms with Crippen LogP contribution in [0.4, 0.5) is 0 Å². The first-order valence-electron chi connectivity index (χ1n) is 9.58. The van der Waals surface area contributed by atoms with Gasteiger partial charge in [0.1, 0.15) is 0 Å². The van der Waals surface area contributed by atoms with E-state index in [0.717, 1.165) is 35.2 Å². The molecule has 1 amide bonds. The molecule has 1 fully saturated rings. The fourth-order valence-corrected chi connectivity index (χ4v) is 4.02. The van der Waals surface area contributed by atoms with Gasteiger partial charge in [-0.25, -0.2) is 0 Å². The molecule has 0 radical (unpaired) electrons. The molecular formula is C23H30N2O.